The lowest BCUT2D eigenvalue weighted by atomic mass is 10.1. The Bertz CT molecular complexity index is 1110. The molecule has 0 amide bonds. The highest BCUT2D eigenvalue weighted by Gasteiger charge is 2.25. The monoisotopic (exact) mass is 548 g/mol. The summed E-state index contributed by atoms with van der Waals surface area (Å²) in [5.74, 6) is 0. The second-order valence-electron chi connectivity index (χ2n) is 13.1. The first-order valence-corrected chi connectivity index (χ1v) is 13.4. The Morgan fingerprint density at radius 2 is 0.750 bits per heavy atom. The smallest absolute Gasteiger partial charge is 0.0707 e. The molecule has 0 saturated carbocycles. The molecule has 0 spiro atoms. The number of pyridine rings is 3. The van der Waals surface area contributed by atoms with Gasteiger partial charge in [0, 0.05) is 38.2 Å². The van der Waals surface area contributed by atoms with Gasteiger partial charge in [-0.15, -0.1) is 0 Å². The summed E-state index contributed by atoms with van der Waals surface area (Å²) < 4.78 is 0. The normalized spacial score (nSPS) is 12.5. The van der Waals surface area contributed by atoms with E-state index in [-0.39, 0.29) is 0 Å². The molecular weight excluding hydrogens is 506 g/mol. The van der Waals surface area contributed by atoms with Crippen LogP contribution in [0.2, 0.25) is 0 Å². The average molecular weight is 549 g/mol. The van der Waals surface area contributed by atoms with Crippen LogP contribution in [0.5, 0.6) is 0 Å². The largest absolute Gasteiger partial charge is 0.286 e. The van der Waals surface area contributed by atoms with Crippen LogP contribution in [0.3, 0.4) is 0 Å². The molecular formula is C30H42N7O3. The van der Waals surface area contributed by atoms with Crippen LogP contribution in [0, 0.1) is 0 Å². The molecule has 10 heteroatoms. The Balaban J connectivity index is 1.94. The molecule has 0 N–H and O–H groups in total. The molecule has 0 aliphatic carbocycles. The zero-order valence-corrected chi connectivity index (χ0v) is 25.2. The van der Waals surface area contributed by atoms with E-state index in [9.17, 15) is 15.6 Å². The predicted molar refractivity (Wildman–Crippen MR) is 154 cm³/mol. The highest BCUT2D eigenvalue weighted by molar-refractivity contribution is 5.47. The van der Waals surface area contributed by atoms with E-state index in [1.807, 2.05) is 62.3 Å². The number of hydrogen-bond acceptors (Lipinski definition) is 7. The maximum absolute atomic E-state index is 12.8. The van der Waals surface area contributed by atoms with E-state index < -0.39 is 16.6 Å². The lowest BCUT2D eigenvalue weighted by Crippen LogP contribution is -2.37. The Labute approximate surface area is 238 Å². The first-order chi connectivity index (χ1) is 18.4. The first kappa shape index (κ1) is 31.2. The first-order valence-electron chi connectivity index (χ1n) is 13.4. The molecule has 3 rings (SSSR count). The molecule has 215 valence electrons. The molecule has 40 heavy (non-hydrogen) atoms. The topological polar surface area (TPSA) is 111 Å². The molecule has 3 aromatic heterocycles. The van der Waals surface area contributed by atoms with Gasteiger partial charge < -0.3 is 0 Å². The molecule has 0 fully saturated rings. The van der Waals surface area contributed by atoms with Crippen LogP contribution in [0.4, 0.5) is 17.1 Å². The number of hydrogen-bond donors (Lipinski definition) is 0. The van der Waals surface area contributed by atoms with Gasteiger partial charge in [0.2, 0.25) is 0 Å². The Morgan fingerprint density at radius 3 is 0.975 bits per heavy atom. The average Bonchev–Trinajstić information content (AvgIpc) is 2.86. The van der Waals surface area contributed by atoms with E-state index in [2.05, 4.69) is 19.9 Å². The molecule has 3 heterocycles. The highest BCUT2D eigenvalue weighted by atomic mass is 16.5. The third-order valence-electron chi connectivity index (χ3n) is 6.09. The summed E-state index contributed by atoms with van der Waals surface area (Å²) in [4.78, 5) is 15.6. The quantitative estimate of drug-likeness (QED) is 0.305. The third kappa shape index (κ3) is 8.34. The summed E-state index contributed by atoms with van der Waals surface area (Å²) in [6, 6.07) is 10.5. The summed E-state index contributed by atoms with van der Waals surface area (Å²) in [5, 5.41) is 41.4. The van der Waals surface area contributed by atoms with Crippen molar-refractivity contribution in [1.29, 1.82) is 0 Å². The summed E-state index contributed by atoms with van der Waals surface area (Å²) in [6.45, 7) is 17.9. The van der Waals surface area contributed by atoms with Gasteiger partial charge in [-0.3, -0.25) is 19.9 Å². The SMILES string of the molecule is CC(C)(C)N([O])c1ccnc(CN(Cc2cc(N([O])C(C)(C)C)ccn2)Cc2cc(N([O])C(C)(C)C)ccn2)c1. The van der Waals surface area contributed by atoms with Crippen molar-refractivity contribution in [3.8, 4) is 0 Å². The van der Waals surface area contributed by atoms with E-state index >= 15 is 0 Å². The maximum atomic E-state index is 12.8. The van der Waals surface area contributed by atoms with Crippen LogP contribution in [0.25, 0.3) is 0 Å². The molecule has 0 atom stereocenters. The number of anilines is 3. The predicted octanol–water partition coefficient (Wildman–Crippen LogP) is 5.93. The van der Waals surface area contributed by atoms with Crippen molar-refractivity contribution in [2.75, 3.05) is 15.2 Å². The van der Waals surface area contributed by atoms with Crippen molar-refractivity contribution >= 4 is 17.1 Å². The molecule has 3 radical (unpaired) electrons. The summed E-state index contributed by atoms with van der Waals surface area (Å²) in [7, 11) is 0. The summed E-state index contributed by atoms with van der Waals surface area (Å²) in [6.07, 6.45) is 4.90. The zero-order chi connectivity index (χ0) is 29.9. The Morgan fingerprint density at radius 1 is 0.500 bits per heavy atom. The fourth-order valence-electron chi connectivity index (χ4n) is 4.05. The van der Waals surface area contributed by atoms with Crippen LogP contribution in [0.1, 0.15) is 79.4 Å². The molecule has 0 aromatic carbocycles. The van der Waals surface area contributed by atoms with Crippen molar-refractivity contribution in [3.05, 3.63) is 72.1 Å². The van der Waals surface area contributed by atoms with Crippen molar-refractivity contribution in [2.24, 2.45) is 0 Å². The second-order valence-corrected chi connectivity index (χ2v) is 13.1. The Hall–Kier alpha value is -3.31. The lowest BCUT2D eigenvalue weighted by molar-refractivity contribution is 0.102. The van der Waals surface area contributed by atoms with Gasteiger partial charge >= 0.3 is 0 Å². The zero-order valence-electron chi connectivity index (χ0n) is 25.2. The van der Waals surface area contributed by atoms with Gasteiger partial charge in [-0.25, -0.2) is 15.2 Å². The lowest BCUT2D eigenvalue weighted by Gasteiger charge is -2.30. The standard InChI is InChI=1S/C30H42N7O3/c1-28(2,3)35(38)25-10-13-31-22(16-25)19-34(20-23-17-26(11-14-32-23)36(39)29(4,5)6)21-24-18-27(12-15-33-24)37(40)30(7,8)9/h10-18H,19-21H2,1-9H3. The van der Waals surface area contributed by atoms with Crippen molar-refractivity contribution in [1.82, 2.24) is 19.9 Å². The number of aromatic nitrogens is 3. The van der Waals surface area contributed by atoms with Crippen LogP contribution in [-0.2, 0) is 35.3 Å². The van der Waals surface area contributed by atoms with Gasteiger partial charge in [-0.05, 0) is 98.7 Å². The minimum atomic E-state index is -0.596. The highest BCUT2D eigenvalue weighted by Crippen LogP contribution is 2.26. The number of hydroxylamine groups is 3. The van der Waals surface area contributed by atoms with E-state index in [4.69, 9.17) is 0 Å². The number of rotatable bonds is 9. The van der Waals surface area contributed by atoms with Gasteiger partial charge in [0.1, 0.15) is 0 Å². The molecule has 10 nitrogen and oxygen atoms in total. The summed E-state index contributed by atoms with van der Waals surface area (Å²) >= 11 is 0. The second kappa shape index (κ2) is 12.1. The molecule has 0 bridgehead atoms. The fraction of sp³-hybridized carbons (Fsp3) is 0.500. The molecule has 0 saturated heterocycles. The maximum Gasteiger partial charge on any atom is 0.0707 e. The van der Waals surface area contributed by atoms with Crippen molar-refractivity contribution < 1.29 is 15.6 Å². The molecule has 0 aliphatic rings. The third-order valence-corrected chi connectivity index (χ3v) is 6.09. The van der Waals surface area contributed by atoms with Crippen LogP contribution in [-0.4, -0.2) is 36.5 Å². The number of nitrogens with zero attached hydrogens (tertiary/aromatic N) is 7. The van der Waals surface area contributed by atoms with E-state index in [0.29, 0.717) is 53.8 Å². The fourth-order valence-corrected chi connectivity index (χ4v) is 4.05. The minimum Gasteiger partial charge on any atom is -0.286 e. The Kier molecular flexibility index (Phi) is 9.41. The molecule has 0 unspecified atom stereocenters. The van der Waals surface area contributed by atoms with Gasteiger partial charge in [-0.1, -0.05) is 15.6 Å². The molecule has 0 aliphatic heterocycles. The van der Waals surface area contributed by atoms with Gasteiger partial charge in [0.15, 0.2) is 0 Å². The van der Waals surface area contributed by atoms with Crippen LogP contribution >= 0.6 is 0 Å². The van der Waals surface area contributed by atoms with E-state index in [1.54, 1.807) is 55.0 Å². The van der Waals surface area contributed by atoms with E-state index in [1.165, 1.54) is 0 Å². The van der Waals surface area contributed by atoms with E-state index in [0.717, 1.165) is 15.2 Å². The minimum absolute atomic E-state index is 0.393. The van der Waals surface area contributed by atoms with Crippen molar-refractivity contribution in [2.45, 2.75) is 98.6 Å². The van der Waals surface area contributed by atoms with Gasteiger partial charge in [0.05, 0.1) is 50.8 Å². The van der Waals surface area contributed by atoms with Crippen molar-refractivity contribution in [3.63, 3.8) is 0 Å². The van der Waals surface area contributed by atoms with Gasteiger partial charge in [-0.2, -0.15) is 0 Å². The van der Waals surface area contributed by atoms with Gasteiger partial charge in [0.25, 0.3) is 0 Å². The van der Waals surface area contributed by atoms with Crippen LogP contribution < -0.4 is 15.2 Å². The van der Waals surface area contributed by atoms with Crippen LogP contribution in [0.15, 0.2) is 55.0 Å². The molecule has 3 aromatic rings. The summed E-state index contributed by atoms with van der Waals surface area (Å²) in [5.41, 5.74) is 1.90.